The summed E-state index contributed by atoms with van der Waals surface area (Å²) in [6, 6.07) is 19.3. The molecule has 0 spiro atoms. The van der Waals surface area contributed by atoms with E-state index in [0.29, 0.717) is 43.0 Å². The molecule has 4 aliphatic rings. The van der Waals surface area contributed by atoms with Gasteiger partial charge in [0.15, 0.2) is 15.6 Å². The number of sulfone groups is 1. The number of hydrogen-bond acceptors (Lipinski definition) is 11. The Hall–Kier alpha value is -4.08. The van der Waals surface area contributed by atoms with E-state index in [4.69, 9.17) is 11.5 Å². The fourth-order valence-corrected chi connectivity index (χ4v) is 13.1. The van der Waals surface area contributed by atoms with Crippen LogP contribution in [0.4, 0.5) is 4.79 Å². The van der Waals surface area contributed by atoms with E-state index in [0.717, 1.165) is 30.8 Å². The number of benzene rings is 2. The zero-order valence-corrected chi connectivity index (χ0v) is 46.1. The molecule has 0 aromatic heterocycles. The molecular weight excluding hydrogens is 937 g/mol. The molecule has 8 atom stereocenters. The normalized spacial score (nSPS) is 22.1. The van der Waals surface area contributed by atoms with Crippen LogP contribution < -0.4 is 16.8 Å². The summed E-state index contributed by atoms with van der Waals surface area (Å²) in [6.45, 7) is 23.1. The third kappa shape index (κ3) is 17.8. The van der Waals surface area contributed by atoms with Gasteiger partial charge < -0.3 is 26.4 Å². The number of fused-ring (bicyclic) bond motifs is 1. The lowest BCUT2D eigenvalue weighted by Crippen LogP contribution is -2.51. The van der Waals surface area contributed by atoms with E-state index in [1.807, 2.05) is 58.5 Å². The van der Waals surface area contributed by atoms with Crippen molar-refractivity contribution < 1.29 is 41.9 Å². The van der Waals surface area contributed by atoms with Gasteiger partial charge in [-0.3, -0.25) is 24.0 Å². The molecule has 4 fully saturated rings. The van der Waals surface area contributed by atoms with Gasteiger partial charge in [0, 0.05) is 55.2 Å². The molecular formula is C56H86N4O9S2. The number of thioether (sulfide) groups is 1. The molecule has 2 saturated heterocycles. The number of ether oxygens (including phenoxy) is 1. The maximum absolute atomic E-state index is 14.4. The Kier molecular flexibility index (Phi) is 22.0. The van der Waals surface area contributed by atoms with Crippen molar-refractivity contribution in [3.05, 3.63) is 71.8 Å². The fourth-order valence-electron chi connectivity index (χ4n) is 9.97. The monoisotopic (exact) mass is 1020 g/mol. The second kappa shape index (κ2) is 26.2. The number of carbonyl (C=O) groups is 6. The molecule has 2 aliphatic carbocycles. The number of carbonyl (C=O) groups excluding carboxylic acids is 6. The Morgan fingerprint density at radius 2 is 1.46 bits per heavy atom. The summed E-state index contributed by atoms with van der Waals surface area (Å²) in [5.41, 5.74) is 12.7. The summed E-state index contributed by atoms with van der Waals surface area (Å²) in [4.78, 5) is 78.9. The van der Waals surface area contributed by atoms with E-state index >= 15 is 0 Å². The number of Topliss-reactive ketones (excluding diaryl/α,β-unsaturated/α-hetero) is 3. The number of primary amides is 1. The third-order valence-corrected chi connectivity index (χ3v) is 18.3. The highest BCUT2D eigenvalue weighted by Gasteiger charge is 2.69. The van der Waals surface area contributed by atoms with Crippen molar-refractivity contribution in [2.24, 2.45) is 75.6 Å². The number of likely N-dealkylation sites (tertiary alicyclic amines) is 1. The lowest BCUT2D eigenvalue weighted by atomic mass is 9.75. The van der Waals surface area contributed by atoms with Crippen LogP contribution in [0.3, 0.4) is 0 Å². The number of hydrogen-bond donors (Lipinski definition) is 3. The largest absolute Gasteiger partial charge is 0.447 e. The third-order valence-electron chi connectivity index (χ3n) is 15.4. The van der Waals surface area contributed by atoms with Gasteiger partial charge in [0.1, 0.15) is 12.4 Å². The van der Waals surface area contributed by atoms with Crippen LogP contribution >= 0.6 is 11.8 Å². The zero-order valence-electron chi connectivity index (χ0n) is 44.5. The van der Waals surface area contributed by atoms with Crippen LogP contribution in [0.1, 0.15) is 132 Å². The van der Waals surface area contributed by atoms with Gasteiger partial charge in [0.05, 0.1) is 23.6 Å². The van der Waals surface area contributed by atoms with E-state index in [9.17, 15) is 37.2 Å². The first-order valence-electron chi connectivity index (χ1n) is 25.9. The molecule has 6 rings (SSSR count). The van der Waals surface area contributed by atoms with Gasteiger partial charge in [0.2, 0.25) is 11.7 Å². The highest BCUT2D eigenvalue weighted by atomic mass is 32.2. The second-order valence-corrected chi connectivity index (χ2v) is 26.6. The summed E-state index contributed by atoms with van der Waals surface area (Å²) in [6.07, 6.45) is 3.01. The van der Waals surface area contributed by atoms with Gasteiger partial charge in [-0.15, -0.1) is 0 Å². The van der Waals surface area contributed by atoms with Crippen molar-refractivity contribution in [2.75, 3.05) is 24.7 Å². The topological polar surface area (TPSA) is 213 Å². The summed E-state index contributed by atoms with van der Waals surface area (Å²) in [5.74, 6) is -1.04. The SMILES string of the molecule is CC(C)[C@H](CC(=O)C[C@H](C(=O)N1C[C@H]2[C@@H]([C@H]1C(=O)CC(CC1CCC1)C(=O)C(N)=O)C2(C)C)C(C)(C)C)CS(=O)(=O)Cc1ccccc1.CC(C)[C@H](N)CSCc1ccccc1.CC(C)[C@H]1COC(=O)N1. The number of rotatable bonds is 23. The maximum Gasteiger partial charge on any atom is 0.407 e. The quantitative estimate of drug-likeness (QED) is 0.0895. The standard InChI is InChI=1S/C38H56N2O7S.C12H19NS.C6H11NO2/c1-23(2)27(22-48(46,47)21-25-12-9-8-10-13-25)17-28(41)19-29(37(3,4)5)36(45)40-20-30-32(38(30,6)7)33(40)31(42)18-26(34(43)35(39)44)16-24-14-11-15-24;1-10(2)12(13)9-14-8-11-6-4-3-5-7-11;1-4(2)5-3-9-6(8)7-5/h8-10,12-13,23-24,26-27,29-30,32-33H,11,14-22H2,1-7H3,(H2,39,44);3-7,10,12H,8-9,13H2,1-2H3;4-5H,3H2,1-2H3,(H,7,8)/t26?,27-,29-,30+,32+,33-;12-;5-/m111/s1. The number of alkyl carbamates (subject to hydrolysis) is 1. The van der Waals surface area contributed by atoms with E-state index < -0.39 is 50.7 Å². The number of nitrogens with one attached hydrogen (secondary N) is 1. The Balaban J connectivity index is 0.000000386. The van der Waals surface area contributed by atoms with Crippen molar-refractivity contribution in [3.8, 4) is 0 Å². The van der Waals surface area contributed by atoms with Crippen LogP contribution in [0.15, 0.2) is 60.7 Å². The second-order valence-electron chi connectivity index (χ2n) is 23.4. The molecule has 2 aromatic carbocycles. The Labute approximate surface area is 429 Å². The van der Waals surface area contributed by atoms with Gasteiger partial charge in [-0.05, 0) is 69.8 Å². The molecule has 2 aliphatic heterocycles. The average molecular weight is 1020 g/mol. The molecule has 2 aromatic rings. The van der Waals surface area contributed by atoms with Gasteiger partial charge in [-0.1, -0.05) is 156 Å². The van der Waals surface area contributed by atoms with Crippen LogP contribution in [-0.4, -0.2) is 91.4 Å². The average Bonchev–Trinajstić information content (AvgIpc) is 3.62. The van der Waals surface area contributed by atoms with Crippen LogP contribution in [0, 0.1) is 64.1 Å². The van der Waals surface area contributed by atoms with E-state index in [2.05, 4.69) is 75.9 Å². The Bertz CT molecular complexity index is 2210. The summed E-state index contributed by atoms with van der Waals surface area (Å²) in [7, 11) is -3.49. The van der Waals surface area contributed by atoms with Gasteiger partial charge in [-0.2, -0.15) is 11.8 Å². The number of cyclic esters (lactones) is 1. The number of nitrogens with zero attached hydrogens (tertiary/aromatic N) is 1. The molecule has 396 valence electrons. The highest BCUT2D eigenvalue weighted by Crippen LogP contribution is 2.65. The first kappa shape index (κ1) is 59.5. The zero-order chi connectivity index (χ0) is 53.0. The van der Waals surface area contributed by atoms with Gasteiger partial charge in [-0.25, -0.2) is 13.2 Å². The Morgan fingerprint density at radius 1 is 0.873 bits per heavy atom. The fraction of sp³-hybridized carbons (Fsp3) is 0.679. The minimum atomic E-state index is -3.49. The summed E-state index contributed by atoms with van der Waals surface area (Å²) in [5, 5.41) is 2.69. The van der Waals surface area contributed by atoms with Crippen molar-refractivity contribution >= 4 is 56.9 Å². The molecule has 5 N–H and O–H groups in total. The number of amides is 3. The molecule has 2 saturated carbocycles. The van der Waals surface area contributed by atoms with Gasteiger partial charge in [0.25, 0.3) is 5.91 Å². The lowest BCUT2D eigenvalue weighted by Gasteiger charge is -2.38. The first-order chi connectivity index (χ1) is 33.1. The summed E-state index contributed by atoms with van der Waals surface area (Å²) >= 11 is 1.92. The van der Waals surface area contributed by atoms with Crippen LogP contribution in [0.5, 0.6) is 0 Å². The molecule has 0 radical (unpaired) electrons. The number of nitrogens with two attached hydrogens (primary N) is 2. The van der Waals surface area contributed by atoms with Crippen LogP contribution in [0.25, 0.3) is 0 Å². The minimum Gasteiger partial charge on any atom is -0.447 e. The Morgan fingerprint density at radius 3 is 1.93 bits per heavy atom. The van der Waals surface area contributed by atoms with Crippen molar-refractivity contribution in [1.29, 1.82) is 0 Å². The molecule has 3 amide bonds. The maximum atomic E-state index is 14.4. The summed E-state index contributed by atoms with van der Waals surface area (Å²) < 4.78 is 30.9. The molecule has 2 heterocycles. The predicted octanol–water partition coefficient (Wildman–Crippen LogP) is 8.84. The minimum absolute atomic E-state index is 0.0459. The predicted molar refractivity (Wildman–Crippen MR) is 284 cm³/mol. The van der Waals surface area contributed by atoms with E-state index in [1.165, 1.54) is 5.56 Å². The first-order valence-corrected chi connectivity index (χ1v) is 28.8. The van der Waals surface area contributed by atoms with Crippen molar-refractivity contribution in [2.45, 2.75) is 151 Å². The molecule has 13 nitrogen and oxygen atoms in total. The lowest BCUT2D eigenvalue weighted by molar-refractivity contribution is -0.148. The van der Waals surface area contributed by atoms with E-state index in [1.54, 1.807) is 29.2 Å². The molecule has 15 heteroatoms. The van der Waals surface area contributed by atoms with Gasteiger partial charge >= 0.3 is 6.09 Å². The smallest absolute Gasteiger partial charge is 0.407 e. The van der Waals surface area contributed by atoms with Crippen LogP contribution in [-0.2, 0) is 50.1 Å². The van der Waals surface area contributed by atoms with Crippen molar-refractivity contribution in [3.63, 3.8) is 0 Å². The highest BCUT2D eigenvalue weighted by molar-refractivity contribution is 7.98. The molecule has 1 unspecified atom stereocenters. The van der Waals surface area contributed by atoms with E-state index in [-0.39, 0.29) is 89.5 Å². The molecule has 71 heavy (non-hydrogen) atoms. The van der Waals surface area contributed by atoms with Crippen molar-refractivity contribution in [1.82, 2.24) is 10.2 Å². The molecule has 0 bridgehead atoms. The number of piperidine rings is 1. The van der Waals surface area contributed by atoms with Crippen LogP contribution in [0.2, 0.25) is 0 Å². The number of ketones is 3.